The second-order valence-corrected chi connectivity index (χ2v) is 7.78. The molecule has 9 nitrogen and oxygen atoms in total. The highest BCUT2D eigenvalue weighted by atomic mass is 16.4. The van der Waals surface area contributed by atoms with E-state index in [1.54, 1.807) is 27.7 Å². The third kappa shape index (κ3) is 5.92. The van der Waals surface area contributed by atoms with Crippen LogP contribution >= 0.6 is 0 Å². The summed E-state index contributed by atoms with van der Waals surface area (Å²) in [4.78, 5) is 50.3. The van der Waals surface area contributed by atoms with Crippen molar-refractivity contribution in [3.8, 4) is 0 Å². The van der Waals surface area contributed by atoms with Crippen LogP contribution in [-0.2, 0) is 19.2 Å². The third-order valence-electron chi connectivity index (χ3n) is 4.71. The molecule has 0 aromatic heterocycles. The number of hydrogen-bond acceptors (Lipinski definition) is 5. The first-order chi connectivity index (χ1) is 12.5. The zero-order chi connectivity index (χ0) is 20.9. The van der Waals surface area contributed by atoms with Gasteiger partial charge < -0.3 is 26.4 Å². The molecule has 0 aromatic rings. The minimum absolute atomic E-state index is 0.188. The molecule has 0 spiro atoms. The first-order valence-corrected chi connectivity index (χ1v) is 9.37. The summed E-state index contributed by atoms with van der Waals surface area (Å²) in [6.45, 7) is 8.92. The van der Waals surface area contributed by atoms with Crippen LogP contribution in [0.1, 0.15) is 47.5 Å². The van der Waals surface area contributed by atoms with Gasteiger partial charge in [0.2, 0.25) is 17.7 Å². The summed E-state index contributed by atoms with van der Waals surface area (Å²) in [5.41, 5.74) is 5.57. The maximum atomic E-state index is 13.0. The molecule has 1 aliphatic rings. The number of nitrogens with zero attached hydrogens (tertiary/aromatic N) is 1. The highest BCUT2D eigenvalue weighted by molar-refractivity contribution is 5.94. The fourth-order valence-electron chi connectivity index (χ4n) is 3.04. The number of aliphatic carboxylic acids is 1. The monoisotopic (exact) mass is 384 g/mol. The number of carbonyl (C=O) groups is 4. The lowest BCUT2D eigenvalue weighted by Gasteiger charge is -2.31. The molecule has 4 atom stereocenters. The number of amides is 3. The summed E-state index contributed by atoms with van der Waals surface area (Å²) in [5.74, 6) is -2.86. The number of likely N-dealkylation sites (tertiary alicyclic amines) is 1. The largest absolute Gasteiger partial charge is 0.480 e. The van der Waals surface area contributed by atoms with E-state index in [0.717, 1.165) is 0 Å². The molecule has 0 aromatic carbocycles. The van der Waals surface area contributed by atoms with Crippen molar-refractivity contribution in [2.75, 3.05) is 6.54 Å². The van der Waals surface area contributed by atoms with Gasteiger partial charge in [0.1, 0.15) is 18.1 Å². The zero-order valence-corrected chi connectivity index (χ0v) is 16.7. The average Bonchev–Trinajstić information content (AvgIpc) is 3.05. The van der Waals surface area contributed by atoms with Gasteiger partial charge >= 0.3 is 5.97 Å². The van der Waals surface area contributed by atoms with Gasteiger partial charge in [-0.25, -0.2) is 4.79 Å². The molecule has 0 radical (unpaired) electrons. The van der Waals surface area contributed by atoms with E-state index in [9.17, 15) is 24.3 Å². The van der Waals surface area contributed by atoms with Crippen molar-refractivity contribution in [1.82, 2.24) is 15.5 Å². The molecule has 4 unspecified atom stereocenters. The summed E-state index contributed by atoms with van der Waals surface area (Å²) in [5, 5.41) is 14.4. The number of nitrogens with two attached hydrogens (primary N) is 1. The Balaban J connectivity index is 2.93. The molecule has 27 heavy (non-hydrogen) atoms. The Hall–Kier alpha value is -2.16. The van der Waals surface area contributed by atoms with E-state index >= 15 is 0 Å². The van der Waals surface area contributed by atoms with E-state index in [4.69, 9.17) is 5.73 Å². The fourth-order valence-corrected chi connectivity index (χ4v) is 3.04. The van der Waals surface area contributed by atoms with E-state index in [0.29, 0.717) is 19.4 Å². The zero-order valence-electron chi connectivity index (χ0n) is 16.7. The number of carboxylic acids is 1. The molecular weight excluding hydrogens is 352 g/mol. The summed E-state index contributed by atoms with van der Waals surface area (Å²) in [7, 11) is 0. The van der Waals surface area contributed by atoms with E-state index in [1.807, 2.05) is 0 Å². The van der Waals surface area contributed by atoms with Gasteiger partial charge in [0.05, 0.1) is 6.04 Å². The lowest BCUT2D eigenvalue weighted by Crippen LogP contribution is -2.58. The fraction of sp³-hybridized carbons (Fsp3) is 0.778. The van der Waals surface area contributed by atoms with Gasteiger partial charge in [-0.3, -0.25) is 14.4 Å². The van der Waals surface area contributed by atoms with Crippen LogP contribution in [0.15, 0.2) is 0 Å². The normalized spacial score (nSPS) is 20.3. The van der Waals surface area contributed by atoms with Crippen LogP contribution in [0.3, 0.4) is 0 Å². The van der Waals surface area contributed by atoms with Gasteiger partial charge in [-0.05, 0) is 31.6 Å². The molecule has 3 amide bonds. The Kier molecular flexibility index (Phi) is 8.20. The molecule has 1 saturated heterocycles. The van der Waals surface area contributed by atoms with Crippen molar-refractivity contribution in [2.24, 2.45) is 17.6 Å². The lowest BCUT2D eigenvalue weighted by molar-refractivity contribution is -0.146. The topological polar surface area (TPSA) is 142 Å². The second kappa shape index (κ2) is 9.68. The molecule has 0 saturated carbocycles. The van der Waals surface area contributed by atoms with Gasteiger partial charge in [0, 0.05) is 6.54 Å². The summed E-state index contributed by atoms with van der Waals surface area (Å²) in [6, 6.07) is -3.31. The molecular formula is C18H32N4O5. The van der Waals surface area contributed by atoms with E-state index < -0.39 is 42.0 Å². The minimum atomic E-state index is -1.11. The van der Waals surface area contributed by atoms with Crippen molar-refractivity contribution >= 4 is 23.7 Å². The Labute approximate surface area is 160 Å². The van der Waals surface area contributed by atoms with Crippen molar-refractivity contribution < 1.29 is 24.3 Å². The van der Waals surface area contributed by atoms with E-state index in [2.05, 4.69) is 10.6 Å². The van der Waals surface area contributed by atoms with Crippen molar-refractivity contribution in [2.45, 2.75) is 71.6 Å². The molecule has 1 rings (SSSR count). The summed E-state index contributed by atoms with van der Waals surface area (Å²) >= 11 is 0. The van der Waals surface area contributed by atoms with Gasteiger partial charge in [0.25, 0.3) is 0 Å². The quantitative estimate of drug-likeness (QED) is 0.452. The number of rotatable bonds is 8. The summed E-state index contributed by atoms with van der Waals surface area (Å²) < 4.78 is 0. The maximum absolute atomic E-state index is 13.0. The molecule has 1 fully saturated rings. The Morgan fingerprint density at radius 2 is 1.56 bits per heavy atom. The molecule has 0 aliphatic carbocycles. The number of hydrogen-bond donors (Lipinski definition) is 4. The lowest BCUT2D eigenvalue weighted by atomic mass is 10.0. The third-order valence-corrected chi connectivity index (χ3v) is 4.71. The highest BCUT2D eigenvalue weighted by Crippen LogP contribution is 2.21. The predicted octanol–water partition coefficient (Wildman–Crippen LogP) is -0.309. The Morgan fingerprint density at radius 3 is 2.00 bits per heavy atom. The van der Waals surface area contributed by atoms with Gasteiger partial charge in [0.15, 0.2) is 0 Å². The Bertz CT molecular complexity index is 576. The number of carbonyl (C=O) groups excluding carboxylic acids is 3. The van der Waals surface area contributed by atoms with Crippen LogP contribution in [0, 0.1) is 11.8 Å². The standard InChI is InChI=1S/C18H32N4O5/c1-9(2)13(20-15(23)11(5)19)17(25)22-8-6-7-12(22)16(24)21-14(10(3)4)18(26)27/h9-14H,6-8,19H2,1-5H3,(H,20,23)(H,21,24)(H,26,27). The second-order valence-electron chi connectivity index (χ2n) is 7.78. The smallest absolute Gasteiger partial charge is 0.326 e. The number of nitrogens with one attached hydrogen (secondary N) is 2. The van der Waals surface area contributed by atoms with Gasteiger partial charge in [-0.1, -0.05) is 27.7 Å². The maximum Gasteiger partial charge on any atom is 0.326 e. The van der Waals surface area contributed by atoms with Crippen molar-refractivity contribution in [1.29, 1.82) is 0 Å². The van der Waals surface area contributed by atoms with Crippen LogP contribution in [-0.4, -0.2) is 64.4 Å². The van der Waals surface area contributed by atoms with Crippen LogP contribution in [0.25, 0.3) is 0 Å². The van der Waals surface area contributed by atoms with Crippen LogP contribution in [0.2, 0.25) is 0 Å². The molecule has 1 heterocycles. The molecule has 0 bridgehead atoms. The number of carboxylic acid groups (broad SMARTS) is 1. The molecule has 1 aliphatic heterocycles. The predicted molar refractivity (Wildman–Crippen MR) is 99.6 cm³/mol. The molecule has 9 heteroatoms. The average molecular weight is 384 g/mol. The van der Waals surface area contributed by atoms with Gasteiger partial charge in [-0.2, -0.15) is 0 Å². The van der Waals surface area contributed by atoms with Crippen LogP contribution in [0.5, 0.6) is 0 Å². The van der Waals surface area contributed by atoms with Crippen LogP contribution < -0.4 is 16.4 Å². The minimum Gasteiger partial charge on any atom is -0.480 e. The highest BCUT2D eigenvalue weighted by Gasteiger charge is 2.40. The molecule has 154 valence electrons. The van der Waals surface area contributed by atoms with E-state index in [1.165, 1.54) is 11.8 Å². The SMILES string of the molecule is CC(N)C(=O)NC(C(=O)N1CCCC1C(=O)NC(C(=O)O)C(C)C)C(C)C. The van der Waals surface area contributed by atoms with Gasteiger partial charge in [-0.15, -0.1) is 0 Å². The summed E-state index contributed by atoms with van der Waals surface area (Å²) in [6.07, 6.45) is 1.09. The van der Waals surface area contributed by atoms with Crippen molar-refractivity contribution in [3.05, 3.63) is 0 Å². The van der Waals surface area contributed by atoms with Crippen LogP contribution in [0.4, 0.5) is 0 Å². The van der Waals surface area contributed by atoms with E-state index in [-0.39, 0.29) is 17.7 Å². The Morgan fingerprint density at radius 1 is 1.00 bits per heavy atom. The first kappa shape index (κ1) is 22.9. The first-order valence-electron chi connectivity index (χ1n) is 9.37. The van der Waals surface area contributed by atoms with Crippen molar-refractivity contribution in [3.63, 3.8) is 0 Å². The molecule has 5 N–H and O–H groups in total.